The number of carbonyl (C=O) groups is 3. The maximum absolute atomic E-state index is 12.1. The first-order valence-corrected chi connectivity index (χ1v) is 9.80. The summed E-state index contributed by atoms with van der Waals surface area (Å²) in [6.07, 6.45) is 0.264. The number of benzene rings is 1. The molecule has 2 heterocycles. The van der Waals surface area contributed by atoms with E-state index >= 15 is 0 Å². The molecule has 8 heteroatoms. The largest absolute Gasteiger partial charge is 0.457 e. The highest BCUT2D eigenvalue weighted by molar-refractivity contribution is 7.99. The number of halogens is 1. The topological polar surface area (TPSA) is 72.5 Å². The van der Waals surface area contributed by atoms with Gasteiger partial charge in [-0.05, 0) is 35.9 Å². The van der Waals surface area contributed by atoms with Crippen molar-refractivity contribution in [2.45, 2.75) is 12.2 Å². The first-order chi connectivity index (χ1) is 12.0. The Morgan fingerprint density at radius 2 is 2.12 bits per heavy atom. The molecule has 2 aromatic rings. The molecule has 0 bridgehead atoms. The van der Waals surface area contributed by atoms with Gasteiger partial charge in [0.05, 0.1) is 16.5 Å². The van der Waals surface area contributed by atoms with Gasteiger partial charge < -0.3 is 10.1 Å². The molecule has 0 saturated carbocycles. The molecular formula is C17H14ClNO4S2. The van der Waals surface area contributed by atoms with Crippen LogP contribution in [0.15, 0.2) is 30.3 Å². The Balaban J connectivity index is 1.43. The summed E-state index contributed by atoms with van der Waals surface area (Å²) in [6.45, 7) is -0.301. The van der Waals surface area contributed by atoms with Crippen LogP contribution in [0.3, 0.4) is 0 Å². The quantitative estimate of drug-likeness (QED) is 0.573. The average molecular weight is 396 g/mol. The summed E-state index contributed by atoms with van der Waals surface area (Å²) in [7, 11) is 0. The molecule has 0 unspecified atom stereocenters. The van der Waals surface area contributed by atoms with Crippen molar-refractivity contribution in [3.05, 3.63) is 50.7 Å². The Labute approximate surface area is 157 Å². The van der Waals surface area contributed by atoms with Crippen LogP contribution in [-0.2, 0) is 26.5 Å². The Bertz CT molecular complexity index is 834. The van der Waals surface area contributed by atoms with Gasteiger partial charge >= 0.3 is 5.97 Å². The molecule has 1 N–H and O–H groups in total. The molecule has 130 valence electrons. The summed E-state index contributed by atoms with van der Waals surface area (Å²) >= 11 is 8.73. The lowest BCUT2D eigenvalue weighted by molar-refractivity contribution is -0.139. The van der Waals surface area contributed by atoms with Gasteiger partial charge in [0.15, 0.2) is 12.4 Å². The van der Waals surface area contributed by atoms with Crippen LogP contribution in [-0.4, -0.2) is 30.0 Å². The van der Waals surface area contributed by atoms with E-state index in [9.17, 15) is 14.4 Å². The van der Waals surface area contributed by atoms with E-state index in [0.717, 1.165) is 20.5 Å². The minimum Gasteiger partial charge on any atom is -0.457 e. The molecule has 1 amide bonds. The monoisotopic (exact) mass is 395 g/mol. The number of esters is 1. The van der Waals surface area contributed by atoms with Crippen molar-refractivity contribution in [3.8, 4) is 0 Å². The van der Waals surface area contributed by atoms with Gasteiger partial charge in [-0.3, -0.25) is 14.4 Å². The molecule has 0 saturated heterocycles. The minimum absolute atomic E-state index is 0.0879. The summed E-state index contributed by atoms with van der Waals surface area (Å²) in [4.78, 5) is 36.3. The number of anilines is 1. The van der Waals surface area contributed by atoms with Gasteiger partial charge in [-0.15, -0.1) is 23.1 Å². The van der Waals surface area contributed by atoms with Gasteiger partial charge in [0, 0.05) is 21.9 Å². The molecule has 0 radical (unpaired) electrons. The Morgan fingerprint density at radius 3 is 2.88 bits per heavy atom. The first kappa shape index (κ1) is 18.0. The summed E-state index contributed by atoms with van der Waals surface area (Å²) in [5.74, 6) is 0.0390. The molecular weight excluding hydrogens is 382 g/mol. The lowest BCUT2D eigenvalue weighted by Crippen LogP contribution is -2.15. The highest BCUT2D eigenvalue weighted by atomic mass is 35.5. The van der Waals surface area contributed by atoms with E-state index in [4.69, 9.17) is 16.3 Å². The number of nitrogens with one attached hydrogen (secondary N) is 1. The van der Waals surface area contributed by atoms with Crippen LogP contribution in [0.25, 0.3) is 0 Å². The third-order valence-electron chi connectivity index (χ3n) is 3.51. The number of carbonyl (C=O) groups excluding carboxylic acids is 3. The molecule has 1 aromatic heterocycles. The lowest BCUT2D eigenvalue weighted by Gasteiger charge is -2.05. The number of fused-ring (bicyclic) bond motifs is 1. The molecule has 5 nitrogen and oxygen atoms in total. The lowest BCUT2D eigenvalue weighted by atomic mass is 10.1. The van der Waals surface area contributed by atoms with Crippen LogP contribution in [0.5, 0.6) is 0 Å². The zero-order chi connectivity index (χ0) is 17.8. The van der Waals surface area contributed by atoms with Crippen LogP contribution < -0.4 is 5.32 Å². The molecule has 25 heavy (non-hydrogen) atoms. The van der Waals surface area contributed by atoms with E-state index in [1.165, 1.54) is 23.1 Å². The third-order valence-corrected chi connectivity index (χ3v) is 5.88. The molecule has 0 fully saturated rings. The van der Waals surface area contributed by atoms with Crippen LogP contribution in [0, 0.1) is 0 Å². The number of ether oxygens (including phenoxy) is 1. The normalized spacial score (nSPS) is 12.6. The number of hydrogen-bond donors (Lipinski definition) is 1. The highest BCUT2D eigenvalue weighted by Gasteiger charge is 2.19. The molecule has 1 aliphatic heterocycles. The number of amides is 1. The van der Waals surface area contributed by atoms with E-state index in [0.29, 0.717) is 11.3 Å². The number of rotatable bonds is 7. The van der Waals surface area contributed by atoms with Gasteiger partial charge in [0.1, 0.15) is 0 Å². The molecule has 3 rings (SSSR count). The summed E-state index contributed by atoms with van der Waals surface area (Å²) < 4.78 is 5.74. The van der Waals surface area contributed by atoms with Crippen LogP contribution in [0.4, 0.5) is 5.69 Å². The predicted octanol–water partition coefficient (Wildman–Crippen LogP) is 3.56. The fraction of sp³-hybridized carbons (Fsp3) is 0.235. The first-order valence-electron chi connectivity index (χ1n) is 7.45. The molecule has 0 aliphatic carbocycles. The van der Waals surface area contributed by atoms with E-state index in [1.54, 1.807) is 18.2 Å². The number of Topliss-reactive ketones (excluding diaryl/α,β-unsaturated/α-hetero) is 1. The zero-order valence-electron chi connectivity index (χ0n) is 13.0. The number of thiophene rings is 1. The second kappa shape index (κ2) is 8.03. The fourth-order valence-corrected chi connectivity index (χ4v) is 4.36. The SMILES string of the molecule is O=C1Cc2cc(C(=O)COC(=O)CSCc3ccc(Cl)s3)ccc2N1. The second-order valence-electron chi connectivity index (χ2n) is 5.38. The Morgan fingerprint density at radius 1 is 1.28 bits per heavy atom. The van der Waals surface area contributed by atoms with E-state index < -0.39 is 5.97 Å². The number of thioether (sulfide) groups is 1. The van der Waals surface area contributed by atoms with E-state index in [2.05, 4.69) is 5.32 Å². The van der Waals surface area contributed by atoms with Gasteiger partial charge in [-0.1, -0.05) is 11.6 Å². The summed E-state index contributed by atoms with van der Waals surface area (Å²) in [6, 6.07) is 8.72. The van der Waals surface area contributed by atoms with Gasteiger partial charge in [0.25, 0.3) is 0 Å². The predicted molar refractivity (Wildman–Crippen MR) is 99.6 cm³/mol. The zero-order valence-corrected chi connectivity index (χ0v) is 15.4. The molecule has 1 aliphatic rings. The summed E-state index contributed by atoms with van der Waals surface area (Å²) in [5.41, 5.74) is 1.94. The summed E-state index contributed by atoms with van der Waals surface area (Å²) in [5, 5.41) is 2.71. The number of hydrogen-bond acceptors (Lipinski definition) is 6. The fourth-order valence-electron chi connectivity index (χ4n) is 2.34. The van der Waals surface area contributed by atoms with Crippen molar-refractivity contribution in [2.24, 2.45) is 0 Å². The molecule has 0 atom stereocenters. The standard InChI is InChI=1S/C17H14ClNO4S2/c18-15-4-2-12(25-15)8-24-9-17(22)23-7-14(20)10-1-3-13-11(5-10)6-16(21)19-13/h1-5H,6-9H2,(H,19,21). The van der Waals surface area contributed by atoms with Crippen LogP contribution >= 0.6 is 34.7 Å². The van der Waals surface area contributed by atoms with Crippen molar-refractivity contribution in [1.82, 2.24) is 0 Å². The van der Waals surface area contributed by atoms with Crippen molar-refractivity contribution in [2.75, 3.05) is 17.7 Å². The Hall–Kier alpha value is -1.83. The van der Waals surface area contributed by atoms with Gasteiger partial charge in [-0.2, -0.15) is 0 Å². The van der Waals surface area contributed by atoms with E-state index in [1.807, 2.05) is 12.1 Å². The van der Waals surface area contributed by atoms with Crippen molar-refractivity contribution >= 4 is 58.0 Å². The Kier molecular flexibility index (Phi) is 5.78. The minimum atomic E-state index is -0.431. The van der Waals surface area contributed by atoms with Crippen LogP contribution in [0.2, 0.25) is 4.34 Å². The van der Waals surface area contributed by atoms with E-state index in [-0.39, 0.29) is 30.5 Å². The molecule has 0 spiro atoms. The van der Waals surface area contributed by atoms with Crippen LogP contribution in [0.1, 0.15) is 20.8 Å². The number of ketones is 1. The maximum atomic E-state index is 12.1. The van der Waals surface area contributed by atoms with Crippen molar-refractivity contribution < 1.29 is 19.1 Å². The highest BCUT2D eigenvalue weighted by Crippen LogP contribution is 2.25. The average Bonchev–Trinajstić information content (AvgIpc) is 3.16. The third kappa shape index (κ3) is 4.84. The smallest absolute Gasteiger partial charge is 0.316 e. The molecule has 1 aromatic carbocycles. The van der Waals surface area contributed by atoms with Crippen molar-refractivity contribution in [3.63, 3.8) is 0 Å². The maximum Gasteiger partial charge on any atom is 0.316 e. The van der Waals surface area contributed by atoms with Crippen molar-refractivity contribution in [1.29, 1.82) is 0 Å². The second-order valence-corrected chi connectivity index (χ2v) is 8.16. The van der Waals surface area contributed by atoms with Gasteiger partial charge in [-0.25, -0.2) is 0 Å². The van der Waals surface area contributed by atoms with Gasteiger partial charge in [0.2, 0.25) is 5.91 Å².